The number of Topliss-reactive ketones (excluding diaryl/α,β-unsaturated/α-hetero) is 1. The molecule has 19 heavy (non-hydrogen) atoms. The summed E-state index contributed by atoms with van der Waals surface area (Å²) >= 11 is 0.744. The predicted octanol–water partition coefficient (Wildman–Crippen LogP) is 2.73. The van der Waals surface area contributed by atoms with E-state index in [9.17, 15) is 9.59 Å². The van der Waals surface area contributed by atoms with E-state index in [2.05, 4.69) is 0 Å². The van der Waals surface area contributed by atoms with Crippen LogP contribution < -0.4 is 0 Å². The number of allylic oxidation sites excluding steroid dienone is 9. The van der Waals surface area contributed by atoms with E-state index in [0.29, 0.717) is 0 Å². The quantitative estimate of drug-likeness (QED) is 0.627. The van der Waals surface area contributed by atoms with E-state index in [0.717, 1.165) is 49.5 Å². The van der Waals surface area contributed by atoms with Crippen molar-refractivity contribution in [3.63, 3.8) is 0 Å². The molecular formula is C15H14FeO3. The maximum absolute atomic E-state index is 11.5. The molecule has 2 aliphatic rings. The summed E-state index contributed by atoms with van der Waals surface area (Å²) in [4.78, 5) is 22.0. The zero-order valence-electron chi connectivity index (χ0n) is 10.5. The molecule has 2 aliphatic carbocycles. The third-order valence-corrected chi connectivity index (χ3v) is 4.49. The molecule has 0 atom stereocenters. The van der Waals surface area contributed by atoms with Crippen LogP contribution in [-0.2, 0) is 24.5 Å². The van der Waals surface area contributed by atoms with Crippen LogP contribution in [0.2, 0.25) is 0 Å². The predicted molar refractivity (Wildman–Crippen MR) is 69.0 cm³/mol. The third kappa shape index (κ3) is 3.43. The van der Waals surface area contributed by atoms with Gasteiger partial charge in [0.2, 0.25) is 0 Å². The van der Waals surface area contributed by atoms with Crippen LogP contribution in [0.25, 0.3) is 0 Å². The number of aliphatic carboxylic acids is 1. The van der Waals surface area contributed by atoms with Crippen molar-refractivity contribution in [2.24, 2.45) is 0 Å². The van der Waals surface area contributed by atoms with Gasteiger partial charge in [-0.1, -0.05) is 0 Å². The van der Waals surface area contributed by atoms with Gasteiger partial charge in [0.1, 0.15) is 0 Å². The van der Waals surface area contributed by atoms with Crippen LogP contribution in [0.5, 0.6) is 0 Å². The Balaban J connectivity index is 2.19. The van der Waals surface area contributed by atoms with Gasteiger partial charge in [0.25, 0.3) is 0 Å². The molecular weight excluding hydrogens is 284 g/mol. The molecule has 0 bridgehead atoms. The topological polar surface area (TPSA) is 54.4 Å². The molecule has 0 aromatic heterocycles. The number of hydrogen-bond donors (Lipinski definition) is 1. The fourth-order valence-electron chi connectivity index (χ4n) is 1.88. The van der Waals surface area contributed by atoms with E-state index in [1.165, 1.54) is 4.47 Å². The normalized spacial score (nSPS) is 18.4. The molecule has 0 saturated carbocycles. The van der Waals surface area contributed by atoms with Crippen LogP contribution >= 0.6 is 0 Å². The minimum absolute atomic E-state index is 0.0953. The van der Waals surface area contributed by atoms with Crippen molar-refractivity contribution in [2.75, 3.05) is 0 Å². The van der Waals surface area contributed by atoms with Gasteiger partial charge in [0, 0.05) is 0 Å². The Morgan fingerprint density at radius 3 is 2.58 bits per heavy atom. The molecule has 0 aromatic carbocycles. The average Bonchev–Trinajstić information content (AvgIpc) is 2.96. The van der Waals surface area contributed by atoms with Crippen LogP contribution in [0, 0.1) is 0 Å². The summed E-state index contributed by atoms with van der Waals surface area (Å²) in [6.45, 7) is 1.58. The van der Waals surface area contributed by atoms with E-state index in [-0.39, 0.29) is 5.78 Å². The van der Waals surface area contributed by atoms with Crippen molar-refractivity contribution in [3.05, 3.63) is 56.5 Å². The summed E-state index contributed by atoms with van der Waals surface area (Å²) in [7, 11) is 0. The standard InChI is InChI=1S/C8H7O2.C7H7O.Fe/c9-8(10)6-5-7-3-1-2-4-7;1-6(8)7-4-2-3-5-7;/h1,3,5-6H,2H2,(H,9,10);2,4H,3H2,1H3;/b6-5+;;. The van der Waals surface area contributed by atoms with E-state index in [1.54, 1.807) is 13.0 Å². The van der Waals surface area contributed by atoms with Crippen molar-refractivity contribution in [2.45, 2.75) is 19.8 Å². The number of rotatable bonds is 5. The van der Waals surface area contributed by atoms with Crippen LogP contribution in [0.1, 0.15) is 19.8 Å². The Morgan fingerprint density at radius 2 is 1.89 bits per heavy atom. The maximum atomic E-state index is 11.5. The Bertz CT molecular complexity index is 574. The summed E-state index contributed by atoms with van der Waals surface area (Å²) in [5.41, 5.74) is 1.76. The van der Waals surface area contributed by atoms with Crippen LogP contribution in [0.15, 0.2) is 56.5 Å². The fourth-order valence-corrected chi connectivity index (χ4v) is 3.54. The second kappa shape index (κ2) is 6.00. The number of ketones is 1. The fraction of sp³-hybridized carbons (Fsp3) is 0.200. The zero-order chi connectivity index (χ0) is 13.8. The van der Waals surface area contributed by atoms with Crippen molar-refractivity contribution in [3.8, 4) is 0 Å². The first kappa shape index (κ1) is 13.8. The number of carboxylic acids is 1. The first-order valence-electron chi connectivity index (χ1n) is 5.91. The van der Waals surface area contributed by atoms with Crippen molar-refractivity contribution >= 4 is 11.8 Å². The van der Waals surface area contributed by atoms with Gasteiger partial charge < -0.3 is 0 Å². The van der Waals surface area contributed by atoms with E-state index in [1.807, 2.05) is 24.3 Å². The van der Waals surface area contributed by atoms with E-state index < -0.39 is 5.97 Å². The molecule has 0 saturated heterocycles. The summed E-state index contributed by atoms with van der Waals surface area (Å²) < 4.78 is 2.31. The third-order valence-electron chi connectivity index (χ3n) is 2.76. The number of carboxylic acid groups (broad SMARTS) is 1. The van der Waals surface area contributed by atoms with Gasteiger partial charge in [-0.2, -0.15) is 0 Å². The Morgan fingerprint density at radius 1 is 1.21 bits per heavy atom. The molecule has 0 heterocycles. The van der Waals surface area contributed by atoms with Gasteiger partial charge in [0.05, 0.1) is 0 Å². The number of carbonyl (C=O) groups is 2. The number of carbonyl (C=O) groups excluding carboxylic acids is 1. The second-order valence-electron chi connectivity index (χ2n) is 4.18. The summed E-state index contributed by atoms with van der Waals surface area (Å²) in [6, 6.07) is 0. The average molecular weight is 298 g/mol. The zero-order valence-corrected chi connectivity index (χ0v) is 11.6. The molecule has 4 heteroatoms. The molecule has 0 amide bonds. The molecule has 0 radical (unpaired) electrons. The monoisotopic (exact) mass is 298 g/mol. The van der Waals surface area contributed by atoms with Gasteiger partial charge >= 0.3 is 118 Å². The Labute approximate surface area is 118 Å². The van der Waals surface area contributed by atoms with Crippen LogP contribution in [-0.4, -0.2) is 16.9 Å². The minimum atomic E-state index is -0.946. The van der Waals surface area contributed by atoms with Crippen LogP contribution in [0.4, 0.5) is 0 Å². The molecule has 1 N–H and O–H groups in total. The van der Waals surface area contributed by atoms with Crippen molar-refractivity contribution in [1.82, 2.24) is 0 Å². The van der Waals surface area contributed by atoms with Crippen molar-refractivity contribution < 1.29 is 29.7 Å². The summed E-state index contributed by atoms with van der Waals surface area (Å²) in [5, 5.41) is 8.66. The summed E-state index contributed by atoms with van der Waals surface area (Å²) in [6.07, 6.45) is 12.3. The molecule has 0 unspecified atom stereocenters. The first-order chi connectivity index (χ1) is 9.08. The second-order valence-corrected chi connectivity index (χ2v) is 5.79. The Kier molecular flexibility index (Phi) is 4.35. The first-order valence-corrected chi connectivity index (χ1v) is 7.02. The van der Waals surface area contributed by atoms with E-state index >= 15 is 0 Å². The van der Waals surface area contributed by atoms with Gasteiger partial charge in [-0.05, 0) is 0 Å². The van der Waals surface area contributed by atoms with Crippen molar-refractivity contribution in [1.29, 1.82) is 0 Å². The van der Waals surface area contributed by atoms with Gasteiger partial charge in [-0.3, -0.25) is 0 Å². The van der Waals surface area contributed by atoms with E-state index in [4.69, 9.17) is 5.11 Å². The molecule has 2 rings (SSSR count). The number of hydrogen-bond acceptors (Lipinski definition) is 2. The van der Waals surface area contributed by atoms with Gasteiger partial charge in [-0.25, -0.2) is 0 Å². The summed E-state index contributed by atoms with van der Waals surface area (Å²) in [5.74, 6) is -0.851. The molecule has 0 spiro atoms. The molecule has 0 aliphatic heterocycles. The molecule has 0 fully saturated rings. The molecule has 3 nitrogen and oxygen atoms in total. The SMILES string of the molecule is CC(=O)C1=[C]([Fe][C]2=C(/C=C/C(=O)O)C=CC2)CC=C1. The van der Waals surface area contributed by atoms with Gasteiger partial charge in [-0.15, -0.1) is 0 Å². The van der Waals surface area contributed by atoms with Crippen LogP contribution in [0.3, 0.4) is 0 Å². The molecule has 100 valence electrons. The Hall–Kier alpha value is -1.64. The van der Waals surface area contributed by atoms with Gasteiger partial charge in [0.15, 0.2) is 0 Å². The molecule has 0 aromatic rings.